The van der Waals surface area contributed by atoms with Gasteiger partial charge < -0.3 is 0 Å². The van der Waals surface area contributed by atoms with E-state index in [0.717, 1.165) is 12.0 Å². The maximum atomic E-state index is 4.57. The molecule has 0 aromatic rings. The van der Waals surface area contributed by atoms with Crippen LogP contribution in [0.25, 0.3) is 0 Å². The highest BCUT2D eigenvalue weighted by atomic mass is 14.9. The van der Waals surface area contributed by atoms with E-state index in [4.69, 9.17) is 0 Å². The average molecular weight is 123 g/mol. The van der Waals surface area contributed by atoms with E-state index in [1.807, 2.05) is 0 Å². The summed E-state index contributed by atoms with van der Waals surface area (Å²) in [4.78, 5) is 4.57. The Hall–Kier alpha value is -0.330. The highest BCUT2D eigenvalue weighted by Crippen LogP contribution is 2.35. The molecule has 1 nitrogen and oxygen atoms in total. The van der Waals surface area contributed by atoms with Crippen LogP contribution in [0, 0.1) is 5.92 Å². The SMILES string of the molecule is CC1=N[C@H]2CCC[C@@H]2C1. The highest BCUT2D eigenvalue weighted by molar-refractivity contribution is 5.84. The number of rotatable bonds is 0. The fraction of sp³-hybridized carbons (Fsp3) is 0.875. The topological polar surface area (TPSA) is 12.4 Å². The van der Waals surface area contributed by atoms with E-state index in [2.05, 4.69) is 11.9 Å². The molecule has 0 aromatic heterocycles. The number of aliphatic imine (C=N–C) groups is 1. The lowest BCUT2D eigenvalue weighted by molar-refractivity contribution is 0.536. The first kappa shape index (κ1) is 5.45. The molecule has 1 saturated carbocycles. The Labute approximate surface area is 56.2 Å². The van der Waals surface area contributed by atoms with Crippen molar-refractivity contribution in [2.45, 2.75) is 38.6 Å². The lowest BCUT2D eigenvalue weighted by atomic mass is 10.0. The first-order valence-electron chi connectivity index (χ1n) is 3.89. The summed E-state index contributed by atoms with van der Waals surface area (Å²) in [6.45, 7) is 2.16. The predicted octanol–water partition coefficient (Wildman–Crippen LogP) is 2.02. The number of nitrogens with zero attached hydrogens (tertiary/aromatic N) is 1. The van der Waals surface area contributed by atoms with E-state index >= 15 is 0 Å². The Morgan fingerprint density at radius 3 is 3.11 bits per heavy atom. The van der Waals surface area contributed by atoms with Gasteiger partial charge in [0.15, 0.2) is 0 Å². The standard InChI is InChI=1S/C8H13N/c1-6-5-7-3-2-4-8(7)9-6/h7-8H,2-5H2,1H3/t7-,8+/m1/s1. The van der Waals surface area contributed by atoms with Crippen LogP contribution in [0.2, 0.25) is 0 Å². The van der Waals surface area contributed by atoms with Crippen molar-refractivity contribution < 1.29 is 0 Å². The van der Waals surface area contributed by atoms with Crippen LogP contribution in [-0.2, 0) is 0 Å². The quantitative estimate of drug-likeness (QED) is 0.467. The molecule has 0 amide bonds. The number of hydrogen-bond acceptors (Lipinski definition) is 1. The van der Waals surface area contributed by atoms with Crippen molar-refractivity contribution in [3.8, 4) is 0 Å². The summed E-state index contributed by atoms with van der Waals surface area (Å²) in [5.74, 6) is 0.949. The zero-order chi connectivity index (χ0) is 6.27. The summed E-state index contributed by atoms with van der Waals surface area (Å²) in [7, 11) is 0. The highest BCUT2D eigenvalue weighted by Gasteiger charge is 2.31. The molecule has 1 heteroatoms. The van der Waals surface area contributed by atoms with Crippen molar-refractivity contribution in [3.63, 3.8) is 0 Å². The lowest BCUT2D eigenvalue weighted by Gasteiger charge is -2.03. The van der Waals surface area contributed by atoms with Crippen molar-refractivity contribution in [1.29, 1.82) is 0 Å². The second-order valence-corrected chi connectivity index (χ2v) is 3.33. The van der Waals surface area contributed by atoms with E-state index in [9.17, 15) is 0 Å². The predicted molar refractivity (Wildman–Crippen MR) is 38.9 cm³/mol. The smallest absolute Gasteiger partial charge is 0.0530 e. The van der Waals surface area contributed by atoms with Gasteiger partial charge in [-0.15, -0.1) is 0 Å². The van der Waals surface area contributed by atoms with E-state index < -0.39 is 0 Å². The zero-order valence-corrected chi connectivity index (χ0v) is 5.93. The summed E-state index contributed by atoms with van der Waals surface area (Å²) in [6, 6.07) is 0.741. The molecule has 1 aliphatic carbocycles. The van der Waals surface area contributed by atoms with Gasteiger partial charge in [0.2, 0.25) is 0 Å². The molecule has 0 unspecified atom stereocenters. The molecule has 1 heterocycles. The van der Waals surface area contributed by atoms with Crippen LogP contribution >= 0.6 is 0 Å². The first-order chi connectivity index (χ1) is 4.36. The van der Waals surface area contributed by atoms with Crippen LogP contribution in [-0.4, -0.2) is 11.8 Å². The molecule has 0 spiro atoms. The third-order valence-electron chi connectivity index (χ3n) is 2.56. The van der Waals surface area contributed by atoms with Gasteiger partial charge >= 0.3 is 0 Å². The monoisotopic (exact) mass is 123 g/mol. The summed E-state index contributed by atoms with van der Waals surface area (Å²) < 4.78 is 0. The molecular formula is C8H13N. The van der Waals surface area contributed by atoms with Gasteiger partial charge in [-0.25, -0.2) is 0 Å². The molecule has 0 saturated heterocycles. The Kier molecular flexibility index (Phi) is 1.11. The summed E-state index contributed by atoms with van der Waals surface area (Å²) in [5, 5.41) is 0. The molecule has 0 N–H and O–H groups in total. The summed E-state index contributed by atoms with van der Waals surface area (Å²) >= 11 is 0. The zero-order valence-electron chi connectivity index (χ0n) is 5.93. The van der Waals surface area contributed by atoms with E-state index in [1.165, 1.54) is 31.4 Å². The molecule has 0 radical (unpaired) electrons. The van der Waals surface area contributed by atoms with Crippen LogP contribution in [0.15, 0.2) is 4.99 Å². The minimum atomic E-state index is 0.741. The van der Waals surface area contributed by atoms with Crippen LogP contribution < -0.4 is 0 Å². The van der Waals surface area contributed by atoms with Gasteiger partial charge in [-0.1, -0.05) is 6.42 Å². The minimum Gasteiger partial charge on any atom is -0.291 e. The maximum absolute atomic E-state index is 4.57. The van der Waals surface area contributed by atoms with Gasteiger partial charge in [0.1, 0.15) is 0 Å². The molecular weight excluding hydrogens is 110 g/mol. The van der Waals surface area contributed by atoms with E-state index in [1.54, 1.807) is 0 Å². The second-order valence-electron chi connectivity index (χ2n) is 3.33. The van der Waals surface area contributed by atoms with Crippen LogP contribution in [0.5, 0.6) is 0 Å². The molecule has 9 heavy (non-hydrogen) atoms. The van der Waals surface area contributed by atoms with Crippen molar-refractivity contribution in [2.24, 2.45) is 10.9 Å². The van der Waals surface area contributed by atoms with Gasteiger partial charge in [-0.3, -0.25) is 4.99 Å². The third-order valence-corrected chi connectivity index (χ3v) is 2.56. The Morgan fingerprint density at radius 2 is 2.33 bits per heavy atom. The van der Waals surface area contributed by atoms with Gasteiger partial charge in [-0.2, -0.15) is 0 Å². The van der Waals surface area contributed by atoms with E-state index in [-0.39, 0.29) is 0 Å². The molecule has 0 bridgehead atoms. The third kappa shape index (κ3) is 0.790. The van der Waals surface area contributed by atoms with Crippen LogP contribution in [0.3, 0.4) is 0 Å². The van der Waals surface area contributed by atoms with Gasteiger partial charge in [-0.05, 0) is 32.1 Å². The maximum Gasteiger partial charge on any atom is 0.0530 e. The molecule has 2 rings (SSSR count). The van der Waals surface area contributed by atoms with Crippen LogP contribution in [0.1, 0.15) is 32.6 Å². The number of hydrogen-bond donors (Lipinski definition) is 0. The summed E-state index contributed by atoms with van der Waals surface area (Å²) in [6.07, 6.45) is 5.52. The second kappa shape index (κ2) is 1.83. The van der Waals surface area contributed by atoms with Crippen molar-refractivity contribution in [2.75, 3.05) is 0 Å². The largest absolute Gasteiger partial charge is 0.291 e. The lowest BCUT2D eigenvalue weighted by Crippen LogP contribution is -2.03. The first-order valence-corrected chi connectivity index (χ1v) is 3.89. The molecule has 2 aliphatic rings. The Morgan fingerprint density at radius 1 is 1.44 bits per heavy atom. The van der Waals surface area contributed by atoms with Crippen molar-refractivity contribution in [1.82, 2.24) is 0 Å². The Balaban J connectivity index is 2.13. The molecule has 50 valence electrons. The molecule has 1 aliphatic heterocycles. The van der Waals surface area contributed by atoms with E-state index in [0.29, 0.717) is 0 Å². The average Bonchev–Trinajstić information content (AvgIpc) is 2.22. The van der Waals surface area contributed by atoms with Crippen molar-refractivity contribution in [3.05, 3.63) is 0 Å². The van der Waals surface area contributed by atoms with Gasteiger partial charge in [0.25, 0.3) is 0 Å². The fourth-order valence-corrected chi connectivity index (χ4v) is 2.14. The fourth-order valence-electron chi connectivity index (χ4n) is 2.14. The van der Waals surface area contributed by atoms with Gasteiger partial charge in [0, 0.05) is 5.71 Å². The molecule has 2 atom stereocenters. The summed E-state index contributed by atoms with van der Waals surface area (Å²) in [5.41, 5.74) is 1.39. The van der Waals surface area contributed by atoms with Crippen LogP contribution in [0.4, 0.5) is 0 Å². The minimum absolute atomic E-state index is 0.741. The Bertz CT molecular complexity index is 149. The van der Waals surface area contributed by atoms with Gasteiger partial charge in [0.05, 0.1) is 6.04 Å². The molecule has 1 fully saturated rings. The van der Waals surface area contributed by atoms with Crippen molar-refractivity contribution >= 4 is 5.71 Å². The normalized spacial score (nSPS) is 40.8. The number of fused-ring (bicyclic) bond motifs is 1. The molecule has 0 aromatic carbocycles.